The van der Waals surface area contributed by atoms with Crippen molar-refractivity contribution in [2.24, 2.45) is 9.98 Å². The van der Waals surface area contributed by atoms with Gasteiger partial charge in [0.1, 0.15) is 4.90 Å². The molecule has 0 radical (unpaired) electrons. The molecule has 0 saturated carbocycles. The summed E-state index contributed by atoms with van der Waals surface area (Å²) in [6.07, 6.45) is 0. The van der Waals surface area contributed by atoms with Gasteiger partial charge in [0.05, 0.1) is 22.1 Å². The lowest BCUT2D eigenvalue weighted by molar-refractivity contribution is -0.110. The number of hydrogen-bond donors (Lipinski definition) is 1. The number of carbonyl (C=O) groups is 1. The van der Waals surface area contributed by atoms with E-state index < -0.39 is 15.9 Å². The third-order valence-electron chi connectivity index (χ3n) is 5.51. The number of rotatable bonds is 5. The number of amides is 1. The van der Waals surface area contributed by atoms with Gasteiger partial charge in [-0.2, -0.15) is 0 Å². The van der Waals surface area contributed by atoms with Crippen molar-refractivity contribution in [3.63, 3.8) is 0 Å². The second-order valence-corrected chi connectivity index (χ2v) is 10.5. The quantitative estimate of drug-likeness (QED) is 0.500. The molecule has 1 aliphatic rings. The van der Waals surface area contributed by atoms with Gasteiger partial charge in [-0.3, -0.25) is 9.10 Å². The number of aryl methyl sites for hydroxylation is 1. The highest BCUT2D eigenvalue weighted by Gasteiger charge is 2.36. The first-order valence-electron chi connectivity index (χ1n) is 10.7. The van der Waals surface area contributed by atoms with Crippen molar-refractivity contribution >= 4 is 61.8 Å². The standard InChI is InChI=1S/C25H24ClN5O3S/c1-16-15-17(30(2)3)13-14-19(16)27-23(25(32)29-20-10-6-5-9-18(20)26)24-28-21-11-7-8-12-22(21)35(33,34)31(24)4/h5-15H,1-4H3,(H,29,32)/b27-23-. The molecular formula is C25H24ClN5O3S. The van der Waals surface area contributed by atoms with Crippen molar-refractivity contribution in [1.82, 2.24) is 4.31 Å². The van der Waals surface area contributed by atoms with Gasteiger partial charge in [-0.25, -0.2) is 18.4 Å². The maximum Gasteiger partial charge on any atom is 0.278 e. The minimum absolute atomic E-state index is 0.0589. The number of anilines is 2. The zero-order valence-electron chi connectivity index (χ0n) is 19.7. The summed E-state index contributed by atoms with van der Waals surface area (Å²) in [6.45, 7) is 1.87. The van der Waals surface area contributed by atoms with Crippen LogP contribution >= 0.6 is 11.6 Å². The minimum atomic E-state index is -3.94. The van der Waals surface area contributed by atoms with Gasteiger partial charge >= 0.3 is 0 Å². The van der Waals surface area contributed by atoms with E-state index in [1.165, 1.54) is 13.1 Å². The van der Waals surface area contributed by atoms with Gasteiger partial charge in [0.15, 0.2) is 11.5 Å². The number of para-hydroxylation sites is 2. The van der Waals surface area contributed by atoms with E-state index in [1.807, 2.05) is 38.1 Å². The zero-order chi connectivity index (χ0) is 25.3. The van der Waals surface area contributed by atoms with E-state index in [1.54, 1.807) is 48.5 Å². The molecule has 0 spiro atoms. The lowest BCUT2D eigenvalue weighted by Gasteiger charge is -2.27. The number of amidine groups is 1. The fourth-order valence-electron chi connectivity index (χ4n) is 3.53. The Bertz CT molecular complexity index is 1480. The highest BCUT2D eigenvalue weighted by atomic mass is 35.5. The van der Waals surface area contributed by atoms with Gasteiger partial charge in [0.2, 0.25) is 0 Å². The van der Waals surface area contributed by atoms with Crippen LogP contribution in [0.4, 0.5) is 22.7 Å². The predicted octanol–water partition coefficient (Wildman–Crippen LogP) is 4.79. The van der Waals surface area contributed by atoms with Gasteiger partial charge in [-0.1, -0.05) is 35.9 Å². The number of fused-ring (bicyclic) bond motifs is 1. The van der Waals surface area contributed by atoms with E-state index in [0.29, 0.717) is 16.4 Å². The van der Waals surface area contributed by atoms with Crippen molar-refractivity contribution < 1.29 is 13.2 Å². The molecule has 10 heteroatoms. The average Bonchev–Trinajstić information content (AvgIpc) is 2.82. The summed E-state index contributed by atoms with van der Waals surface area (Å²) in [6, 6.07) is 18.7. The molecule has 0 unspecified atom stereocenters. The number of halogens is 1. The Labute approximate surface area is 209 Å². The third-order valence-corrected chi connectivity index (χ3v) is 7.63. The van der Waals surface area contributed by atoms with E-state index in [-0.39, 0.29) is 22.1 Å². The molecule has 1 amide bonds. The highest BCUT2D eigenvalue weighted by Crippen LogP contribution is 2.32. The van der Waals surface area contributed by atoms with E-state index in [2.05, 4.69) is 15.3 Å². The molecule has 3 aromatic carbocycles. The molecule has 35 heavy (non-hydrogen) atoms. The van der Waals surface area contributed by atoms with Crippen molar-refractivity contribution in [3.05, 3.63) is 77.3 Å². The summed E-state index contributed by atoms with van der Waals surface area (Å²) in [5, 5.41) is 3.07. The maximum atomic E-state index is 13.5. The van der Waals surface area contributed by atoms with Crippen molar-refractivity contribution in [1.29, 1.82) is 0 Å². The number of hydrogen-bond acceptors (Lipinski definition) is 6. The Hall–Kier alpha value is -3.69. The molecule has 1 aliphatic heterocycles. The molecule has 8 nitrogen and oxygen atoms in total. The molecule has 0 fully saturated rings. The van der Waals surface area contributed by atoms with Crippen LogP contribution in [-0.4, -0.2) is 51.3 Å². The SMILES string of the molecule is Cc1cc(N(C)C)ccc1/N=C(\C(=O)Nc1ccccc1Cl)C1=Nc2ccccc2S(=O)(=O)N1C. The van der Waals surface area contributed by atoms with Crippen LogP contribution in [0.1, 0.15) is 5.56 Å². The fourth-order valence-corrected chi connectivity index (χ4v) is 4.99. The Balaban J connectivity index is 1.89. The monoisotopic (exact) mass is 509 g/mol. The molecule has 0 aromatic heterocycles. The van der Waals surface area contributed by atoms with Crippen LogP contribution < -0.4 is 10.2 Å². The molecule has 1 heterocycles. The summed E-state index contributed by atoms with van der Waals surface area (Å²) >= 11 is 6.24. The molecule has 1 N–H and O–H groups in total. The van der Waals surface area contributed by atoms with Gasteiger partial charge < -0.3 is 10.2 Å². The van der Waals surface area contributed by atoms with Crippen molar-refractivity contribution in [2.75, 3.05) is 31.4 Å². The number of carbonyl (C=O) groups excluding carboxylic acids is 1. The first-order valence-corrected chi connectivity index (χ1v) is 12.5. The van der Waals surface area contributed by atoms with E-state index in [9.17, 15) is 13.2 Å². The fraction of sp³-hybridized carbons (Fsp3) is 0.160. The smallest absolute Gasteiger partial charge is 0.278 e. The second kappa shape index (κ2) is 9.52. The summed E-state index contributed by atoms with van der Waals surface area (Å²) in [7, 11) is 1.26. The topological polar surface area (TPSA) is 94.4 Å². The number of aliphatic imine (C=N–C) groups is 2. The van der Waals surface area contributed by atoms with E-state index >= 15 is 0 Å². The van der Waals surface area contributed by atoms with Crippen molar-refractivity contribution in [2.45, 2.75) is 11.8 Å². The Morgan fingerprint density at radius 1 is 1.06 bits per heavy atom. The van der Waals surface area contributed by atoms with Gasteiger partial charge in [0.25, 0.3) is 15.9 Å². The van der Waals surface area contributed by atoms with Crippen LogP contribution in [0.15, 0.2) is 81.6 Å². The summed E-state index contributed by atoms with van der Waals surface area (Å²) in [5.41, 5.74) is 2.72. The molecular weight excluding hydrogens is 486 g/mol. The lowest BCUT2D eigenvalue weighted by atomic mass is 10.1. The molecule has 0 atom stereocenters. The largest absolute Gasteiger partial charge is 0.378 e. The predicted molar refractivity (Wildman–Crippen MR) is 141 cm³/mol. The highest BCUT2D eigenvalue weighted by molar-refractivity contribution is 7.90. The zero-order valence-corrected chi connectivity index (χ0v) is 21.2. The molecule has 0 saturated heterocycles. The second-order valence-electron chi connectivity index (χ2n) is 8.14. The van der Waals surface area contributed by atoms with Crippen LogP contribution in [0.25, 0.3) is 0 Å². The van der Waals surface area contributed by atoms with Crippen LogP contribution in [0.3, 0.4) is 0 Å². The summed E-state index contributed by atoms with van der Waals surface area (Å²) in [5.74, 6) is -0.737. The van der Waals surface area contributed by atoms with Crippen LogP contribution in [0.5, 0.6) is 0 Å². The van der Waals surface area contributed by atoms with E-state index in [4.69, 9.17) is 11.6 Å². The average molecular weight is 510 g/mol. The van der Waals surface area contributed by atoms with Crippen molar-refractivity contribution in [3.8, 4) is 0 Å². The van der Waals surface area contributed by atoms with Crippen LogP contribution in [-0.2, 0) is 14.8 Å². The van der Waals surface area contributed by atoms with Crippen LogP contribution in [0, 0.1) is 6.92 Å². The van der Waals surface area contributed by atoms with E-state index in [0.717, 1.165) is 15.6 Å². The minimum Gasteiger partial charge on any atom is -0.378 e. The molecule has 4 rings (SSSR count). The van der Waals surface area contributed by atoms with Gasteiger partial charge in [-0.05, 0) is 55.0 Å². The van der Waals surface area contributed by atoms with Crippen LogP contribution in [0.2, 0.25) is 5.02 Å². The Morgan fingerprint density at radius 3 is 2.43 bits per heavy atom. The lowest BCUT2D eigenvalue weighted by Crippen LogP contribution is -2.44. The number of nitrogens with zero attached hydrogens (tertiary/aromatic N) is 4. The number of nitrogens with one attached hydrogen (secondary N) is 1. The van der Waals surface area contributed by atoms with Gasteiger partial charge in [0, 0.05) is 26.8 Å². The first-order chi connectivity index (χ1) is 16.6. The van der Waals surface area contributed by atoms with Gasteiger partial charge in [-0.15, -0.1) is 0 Å². The Morgan fingerprint density at radius 2 is 1.74 bits per heavy atom. The molecule has 0 bridgehead atoms. The molecule has 0 aliphatic carbocycles. The Kier molecular flexibility index (Phi) is 6.64. The number of sulfonamides is 1. The maximum absolute atomic E-state index is 13.5. The molecule has 180 valence electrons. The third kappa shape index (κ3) is 4.78. The first kappa shape index (κ1) is 24.4. The number of benzene rings is 3. The summed E-state index contributed by atoms with van der Waals surface area (Å²) < 4.78 is 27.4. The summed E-state index contributed by atoms with van der Waals surface area (Å²) in [4.78, 5) is 24.6. The normalized spacial score (nSPS) is 14.7. The molecule has 3 aromatic rings.